The van der Waals surface area contributed by atoms with Gasteiger partial charge in [0.15, 0.2) is 9.84 Å². The molecule has 0 radical (unpaired) electrons. The van der Waals surface area contributed by atoms with Crippen molar-refractivity contribution in [2.24, 2.45) is 0 Å². The van der Waals surface area contributed by atoms with Gasteiger partial charge in [0.2, 0.25) is 5.95 Å². The van der Waals surface area contributed by atoms with Gasteiger partial charge in [0.25, 0.3) is 0 Å². The summed E-state index contributed by atoms with van der Waals surface area (Å²) in [6.45, 7) is 2.67. The van der Waals surface area contributed by atoms with Crippen molar-refractivity contribution < 1.29 is 21.6 Å². The monoisotopic (exact) mass is 358 g/mol. The Morgan fingerprint density at radius 1 is 1.25 bits per heavy atom. The number of sulfone groups is 1. The van der Waals surface area contributed by atoms with Gasteiger partial charge in [-0.15, -0.1) is 0 Å². The fraction of sp³-hybridized carbons (Fsp3) is 0.286. The maximum absolute atomic E-state index is 13.3. The molecule has 2 heterocycles. The smallest absolute Gasteiger partial charge is 0.322 e. The summed E-state index contributed by atoms with van der Waals surface area (Å²) in [6, 6.07) is 3.35. The van der Waals surface area contributed by atoms with E-state index >= 15 is 0 Å². The zero-order valence-corrected chi connectivity index (χ0v) is 13.5. The number of alkyl halides is 3. The third-order valence-electron chi connectivity index (χ3n) is 3.52. The van der Waals surface area contributed by atoms with Crippen LogP contribution in [0.2, 0.25) is 0 Å². The molecule has 0 atom stereocenters. The molecular formula is C14H13F3N4O2S. The molecule has 1 N–H and O–H groups in total. The van der Waals surface area contributed by atoms with Crippen LogP contribution in [0.1, 0.15) is 19.4 Å². The standard InChI is InChI=1S/C14H13F3N4O2S/c1-8(2)24(22,23)12-7-11-10(6-9(12)14(15,16)17)19-13(20-11)21-5-3-4-18-21/h3-8H,1-2H3,(H,19,20). The van der Waals surface area contributed by atoms with Crippen molar-refractivity contribution in [3.63, 3.8) is 0 Å². The Morgan fingerprint density at radius 2 is 1.96 bits per heavy atom. The van der Waals surface area contributed by atoms with Gasteiger partial charge in [0.05, 0.1) is 26.7 Å². The summed E-state index contributed by atoms with van der Waals surface area (Å²) in [4.78, 5) is 6.07. The second-order valence-electron chi connectivity index (χ2n) is 5.47. The first kappa shape index (κ1) is 16.5. The third-order valence-corrected chi connectivity index (χ3v) is 5.72. The molecule has 0 fully saturated rings. The van der Waals surface area contributed by atoms with Gasteiger partial charge in [0.1, 0.15) is 0 Å². The maximum atomic E-state index is 13.3. The summed E-state index contributed by atoms with van der Waals surface area (Å²) in [7, 11) is -4.12. The molecule has 3 aromatic rings. The minimum absolute atomic E-state index is 0.0792. The van der Waals surface area contributed by atoms with Gasteiger partial charge in [-0.3, -0.25) is 0 Å². The number of aromatic amines is 1. The van der Waals surface area contributed by atoms with Crippen LogP contribution in [-0.2, 0) is 16.0 Å². The lowest BCUT2D eigenvalue weighted by Gasteiger charge is -2.15. The van der Waals surface area contributed by atoms with Crippen LogP contribution in [0.3, 0.4) is 0 Å². The number of hydrogen-bond donors (Lipinski definition) is 1. The van der Waals surface area contributed by atoms with Crippen LogP contribution >= 0.6 is 0 Å². The molecule has 0 bridgehead atoms. The Balaban J connectivity index is 2.30. The highest BCUT2D eigenvalue weighted by atomic mass is 32.2. The van der Waals surface area contributed by atoms with Crippen LogP contribution in [0, 0.1) is 0 Å². The molecule has 1 aromatic carbocycles. The molecular weight excluding hydrogens is 345 g/mol. The van der Waals surface area contributed by atoms with Gasteiger partial charge >= 0.3 is 6.18 Å². The largest absolute Gasteiger partial charge is 0.417 e. The van der Waals surface area contributed by atoms with Gasteiger partial charge in [-0.1, -0.05) is 0 Å². The number of nitrogens with zero attached hydrogens (tertiary/aromatic N) is 3. The third kappa shape index (κ3) is 2.66. The van der Waals surface area contributed by atoms with Crippen LogP contribution in [0.15, 0.2) is 35.5 Å². The van der Waals surface area contributed by atoms with Gasteiger partial charge in [-0.05, 0) is 32.0 Å². The van der Waals surface area contributed by atoms with Crippen molar-refractivity contribution in [1.29, 1.82) is 0 Å². The second kappa shape index (κ2) is 5.33. The van der Waals surface area contributed by atoms with Gasteiger partial charge in [-0.2, -0.15) is 18.3 Å². The summed E-state index contributed by atoms with van der Waals surface area (Å²) in [5.74, 6) is 0.196. The van der Waals surface area contributed by atoms with E-state index in [0.717, 1.165) is 12.1 Å². The highest BCUT2D eigenvalue weighted by Gasteiger charge is 2.38. The minimum Gasteiger partial charge on any atom is -0.322 e. The molecule has 3 rings (SSSR count). The zero-order chi connectivity index (χ0) is 17.7. The molecule has 10 heteroatoms. The maximum Gasteiger partial charge on any atom is 0.417 e. The number of nitrogens with one attached hydrogen (secondary N) is 1. The number of imidazole rings is 1. The van der Waals surface area contributed by atoms with E-state index in [1.807, 2.05) is 0 Å². The van der Waals surface area contributed by atoms with E-state index in [4.69, 9.17) is 0 Å². The number of hydrogen-bond acceptors (Lipinski definition) is 4. The van der Waals surface area contributed by atoms with Crippen molar-refractivity contribution >= 4 is 20.9 Å². The van der Waals surface area contributed by atoms with E-state index < -0.39 is 31.7 Å². The lowest BCUT2D eigenvalue weighted by atomic mass is 10.2. The number of aromatic nitrogens is 4. The molecule has 6 nitrogen and oxygen atoms in total. The quantitative estimate of drug-likeness (QED) is 0.781. The SMILES string of the molecule is CC(C)S(=O)(=O)c1cc2nc(-n3cccn3)[nH]c2cc1C(F)(F)F. The van der Waals surface area contributed by atoms with E-state index in [-0.39, 0.29) is 17.0 Å². The molecule has 0 aliphatic carbocycles. The first-order valence-electron chi connectivity index (χ1n) is 6.95. The van der Waals surface area contributed by atoms with Crippen LogP contribution in [0.5, 0.6) is 0 Å². The van der Waals surface area contributed by atoms with Crippen LogP contribution in [0.4, 0.5) is 13.2 Å². The van der Waals surface area contributed by atoms with E-state index in [0.29, 0.717) is 0 Å². The summed E-state index contributed by atoms with van der Waals surface area (Å²) < 4.78 is 66.0. The van der Waals surface area contributed by atoms with Crippen molar-refractivity contribution in [3.05, 3.63) is 36.2 Å². The molecule has 0 saturated heterocycles. The molecule has 0 saturated carbocycles. The zero-order valence-electron chi connectivity index (χ0n) is 12.7. The lowest BCUT2D eigenvalue weighted by molar-refractivity contribution is -0.139. The molecule has 128 valence electrons. The highest BCUT2D eigenvalue weighted by molar-refractivity contribution is 7.92. The van der Waals surface area contributed by atoms with Crippen LogP contribution in [-0.4, -0.2) is 33.4 Å². The van der Waals surface area contributed by atoms with E-state index in [9.17, 15) is 21.6 Å². The van der Waals surface area contributed by atoms with Crippen molar-refractivity contribution in [1.82, 2.24) is 19.7 Å². The topological polar surface area (TPSA) is 80.6 Å². The summed E-state index contributed by atoms with van der Waals surface area (Å²) in [5.41, 5.74) is -1.01. The number of benzene rings is 1. The number of fused-ring (bicyclic) bond motifs is 1. The van der Waals surface area contributed by atoms with Gasteiger partial charge in [-0.25, -0.2) is 18.1 Å². The lowest BCUT2D eigenvalue weighted by Crippen LogP contribution is -2.19. The van der Waals surface area contributed by atoms with Gasteiger partial charge in [0, 0.05) is 12.4 Å². The second-order valence-corrected chi connectivity index (χ2v) is 7.94. The first-order valence-corrected chi connectivity index (χ1v) is 8.50. The Labute approximate surface area is 135 Å². The summed E-state index contributed by atoms with van der Waals surface area (Å²) in [5, 5.41) is 2.95. The Morgan fingerprint density at radius 3 is 2.50 bits per heavy atom. The Hall–Kier alpha value is -2.36. The normalized spacial score (nSPS) is 13.1. The van der Waals surface area contributed by atoms with Crippen molar-refractivity contribution in [3.8, 4) is 5.95 Å². The molecule has 0 aliphatic rings. The van der Waals surface area contributed by atoms with E-state index in [1.54, 1.807) is 12.3 Å². The highest BCUT2D eigenvalue weighted by Crippen LogP contribution is 2.37. The molecule has 0 unspecified atom stereocenters. The Bertz CT molecular complexity index is 989. The van der Waals surface area contributed by atoms with E-state index in [2.05, 4.69) is 15.1 Å². The molecule has 0 aliphatic heterocycles. The Kier molecular flexibility index (Phi) is 3.67. The first-order chi connectivity index (χ1) is 11.1. The van der Waals surface area contributed by atoms with Crippen LogP contribution in [0.25, 0.3) is 17.0 Å². The van der Waals surface area contributed by atoms with Crippen molar-refractivity contribution in [2.75, 3.05) is 0 Å². The number of H-pyrrole nitrogens is 1. The van der Waals surface area contributed by atoms with Crippen molar-refractivity contribution in [2.45, 2.75) is 30.2 Å². The molecule has 0 amide bonds. The fourth-order valence-electron chi connectivity index (χ4n) is 2.24. The number of rotatable bonds is 3. The molecule has 2 aromatic heterocycles. The molecule has 0 spiro atoms. The minimum atomic E-state index is -4.80. The summed E-state index contributed by atoms with van der Waals surface area (Å²) >= 11 is 0. The summed E-state index contributed by atoms with van der Waals surface area (Å²) in [6.07, 6.45) is -1.75. The molecule has 24 heavy (non-hydrogen) atoms. The fourth-order valence-corrected chi connectivity index (χ4v) is 3.50. The van der Waals surface area contributed by atoms with Crippen LogP contribution < -0.4 is 0 Å². The average Bonchev–Trinajstić information content (AvgIpc) is 3.13. The predicted octanol–water partition coefficient (Wildman–Crippen LogP) is 2.95. The average molecular weight is 358 g/mol. The number of halogens is 3. The van der Waals surface area contributed by atoms with E-state index in [1.165, 1.54) is 24.7 Å². The predicted molar refractivity (Wildman–Crippen MR) is 80.5 cm³/mol. The van der Waals surface area contributed by atoms with Gasteiger partial charge < -0.3 is 4.98 Å².